The summed E-state index contributed by atoms with van der Waals surface area (Å²) < 4.78 is 44.6. The fourth-order valence-electron chi connectivity index (χ4n) is 3.40. The minimum absolute atomic E-state index is 0.0693. The van der Waals surface area contributed by atoms with Gasteiger partial charge in [-0.25, -0.2) is 17.5 Å². The summed E-state index contributed by atoms with van der Waals surface area (Å²) >= 11 is 0. The van der Waals surface area contributed by atoms with Crippen LogP contribution in [0.4, 0.5) is 4.39 Å². The maximum absolute atomic E-state index is 12.9. The number of rotatable bonds is 6. The topological polar surface area (TPSA) is 58.6 Å². The average Bonchev–Trinajstić information content (AvgIpc) is 2.55. The minimum atomic E-state index is -3.13. The van der Waals surface area contributed by atoms with Crippen LogP contribution in [0.3, 0.4) is 0 Å². The molecule has 0 radical (unpaired) electrons. The molecule has 134 valence electrons. The maximum atomic E-state index is 12.9. The maximum Gasteiger partial charge on any atom is 0.211 e. The van der Waals surface area contributed by atoms with Gasteiger partial charge >= 0.3 is 0 Å². The molecule has 2 aliphatic heterocycles. The molecule has 2 aliphatic rings. The van der Waals surface area contributed by atoms with Crippen molar-refractivity contribution >= 4 is 10.0 Å². The van der Waals surface area contributed by atoms with Gasteiger partial charge in [0.15, 0.2) is 0 Å². The number of benzene rings is 1. The molecule has 2 fully saturated rings. The van der Waals surface area contributed by atoms with Crippen molar-refractivity contribution < 1.29 is 17.5 Å². The Morgan fingerprint density at radius 2 is 2.04 bits per heavy atom. The second-order valence-electron chi connectivity index (χ2n) is 6.92. The standard InChI is InChI=1S/C17H25FN2O3S/c1-2-24(21,22)19-9-15-7-8-17(23-11-15)12-20(13-17)10-14-3-5-16(18)6-4-14/h3-6,15,19H,2,7-13H2,1H3/t15-/m0/s1. The van der Waals surface area contributed by atoms with Gasteiger partial charge < -0.3 is 4.74 Å². The Labute approximate surface area is 143 Å². The van der Waals surface area contributed by atoms with Crippen molar-refractivity contribution in [1.82, 2.24) is 9.62 Å². The SMILES string of the molecule is CCS(=O)(=O)NC[C@@H]1CCC2(CN(Cc3ccc(F)cc3)C2)OC1. The van der Waals surface area contributed by atoms with Gasteiger partial charge in [0.05, 0.1) is 18.0 Å². The highest BCUT2D eigenvalue weighted by Crippen LogP contribution is 2.36. The second kappa shape index (κ2) is 7.07. The van der Waals surface area contributed by atoms with Gasteiger partial charge in [-0.1, -0.05) is 12.1 Å². The molecule has 0 amide bonds. The van der Waals surface area contributed by atoms with Crippen LogP contribution in [0.1, 0.15) is 25.3 Å². The molecule has 1 N–H and O–H groups in total. The number of hydrogen-bond acceptors (Lipinski definition) is 4. The van der Waals surface area contributed by atoms with Crippen LogP contribution in [0.15, 0.2) is 24.3 Å². The summed E-state index contributed by atoms with van der Waals surface area (Å²) in [6.07, 6.45) is 1.95. The summed E-state index contributed by atoms with van der Waals surface area (Å²) in [6.45, 7) is 5.29. The lowest BCUT2D eigenvalue weighted by Gasteiger charge is -2.53. The van der Waals surface area contributed by atoms with E-state index in [1.807, 2.05) is 12.1 Å². The highest BCUT2D eigenvalue weighted by molar-refractivity contribution is 7.89. The lowest BCUT2D eigenvalue weighted by Crippen LogP contribution is -2.64. The molecule has 0 bridgehead atoms. The predicted octanol–water partition coefficient (Wildman–Crippen LogP) is 1.75. The lowest BCUT2D eigenvalue weighted by atomic mass is 9.83. The third kappa shape index (κ3) is 4.33. The van der Waals surface area contributed by atoms with Gasteiger partial charge in [-0.05, 0) is 43.4 Å². The van der Waals surface area contributed by atoms with Crippen molar-refractivity contribution in [3.63, 3.8) is 0 Å². The number of nitrogens with one attached hydrogen (secondary N) is 1. The molecule has 7 heteroatoms. The number of likely N-dealkylation sites (tertiary alicyclic amines) is 1. The zero-order valence-electron chi connectivity index (χ0n) is 14.0. The van der Waals surface area contributed by atoms with Gasteiger partial charge in [0.25, 0.3) is 0 Å². The van der Waals surface area contributed by atoms with Crippen LogP contribution in [0.5, 0.6) is 0 Å². The van der Waals surface area contributed by atoms with Crippen LogP contribution >= 0.6 is 0 Å². The monoisotopic (exact) mass is 356 g/mol. The van der Waals surface area contributed by atoms with E-state index in [4.69, 9.17) is 4.74 Å². The summed E-state index contributed by atoms with van der Waals surface area (Å²) in [5, 5.41) is 0. The van der Waals surface area contributed by atoms with Crippen LogP contribution in [0, 0.1) is 11.7 Å². The molecule has 5 nitrogen and oxygen atoms in total. The van der Waals surface area contributed by atoms with Crippen molar-refractivity contribution in [2.75, 3.05) is 32.0 Å². The Bertz CT molecular complexity index is 647. The molecule has 1 aromatic carbocycles. The van der Waals surface area contributed by atoms with Gasteiger partial charge in [-0.2, -0.15) is 0 Å². The van der Waals surface area contributed by atoms with Crippen molar-refractivity contribution in [1.29, 1.82) is 0 Å². The summed E-state index contributed by atoms with van der Waals surface area (Å²) in [6, 6.07) is 6.61. The predicted molar refractivity (Wildman–Crippen MR) is 90.5 cm³/mol. The summed E-state index contributed by atoms with van der Waals surface area (Å²) in [5.74, 6) is 0.158. The summed E-state index contributed by atoms with van der Waals surface area (Å²) in [5.41, 5.74) is 1.04. The first-order valence-corrected chi connectivity index (χ1v) is 10.1. The molecule has 24 heavy (non-hydrogen) atoms. The molecular weight excluding hydrogens is 331 g/mol. The Hall–Kier alpha value is -1.02. The third-order valence-electron chi connectivity index (χ3n) is 4.95. The van der Waals surface area contributed by atoms with E-state index < -0.39 is 10.0 Å². The fourth-order valence-corrected chi connectivity index (χ4v) is 4.10. The lowest BCUT2D eigenvalue weighted by molar-refractivity contribution is -0.181. The van der Waals surface area contributed by atoms with E-state index in [-0.39, 0.29) is 23.1 Å². The van der Waals surface area contributed by atoms with Crippen LogP contribution in [-0.2, 0) is 21.3 Å². The molecule has 1 atom stereocenters. The first-order valence-electron chi connectivity index (χ1n) is 8.48. The van der Waals surface area contributed by atoms with Gasteiger partial charge in [0.2, 0.25) is 10.0 Å². The number of sulfonamides is 1. The highest BCUT2D eigenvalue weighted by atomic mass is 32.2. The van der Waals surface area contributed by atoms with Crippen LogP contribution in [0.25, 0.3) is 0 Å². The van der Waals surface area contributed by atoms with E-state index in [0.717, 1.165) is 38.0 Å². The summed E-state index contributed by atoms with van der Waals surface area (Å²) in [4.78, 5) is 2.30. The molecule has 0 aliphatic carbocycles. The number of nitrogens with zero attached hydrogens (tertiary/aromatic N) is 1. The van der Waals surface area contributed by atoms with Crippen LogP contribution < -0.4 is 4.72 Å². The van der Waals surface area contributed by atoms with Gasteiger partial charge in [-0.3, -0.25) is 4.90 Å². The smallest absolute Gasteiger partial charge is 0.211 e. The van der Waals surface area contributed by atoms with E-state index in [0.29, 0.717) is 13.2 Å². The summed E-state index contributed by atoms with van der Waals surface area (Å²) in [7, 11) is -3.13. The molecule has 0 saturated carbocycles. The quantitative estimate of drug-likeness (QED) is 0.844. The normalized spacial score (nSPS) is 24.0. The zero-order valence-corrected chi connectivity index (χ0v) is 14.8. The Morgan fingerprint density at radius 1 is 1.33 bits per heavy atom. The first kappa shape index (κ1) is 17.8. The van der Waals surface area contributed by atoms with E-state index in [1.165, 1.54) is 12.1 Å². The molecule has 1 spiro atoms. The van der Waals surface area contributed by atoms with Crippen LogP contribution in [-0.4, -0.2) is 50.9 Å². The number of hydrogen-bond donors (Lipinski definition) is 1. The minimum Gasteiger partial charge on any atom is -0.372 e. The Morgan fingerprint density at radius 3 is 2.62 bits per heavy atom. The van der Waals surface area contributed by atoms with Crippen molar-refractivity contribution in [2.24, 2.45) is 5.92 Å². The van der Waals surface area contributed by atoms with Gasteiger partial charge in [0.1, 0.15) is 5.82 Å². The average molecular weight is 356 g/mol. The number of ether oxygens (including phenoxy) is 1. The molecule has 3 rings (SSSR count). The van der Waals surface area contributed by atoms with Gasteiger partial charge in [-0.15, -0.1) is 0 Å². The molecule has 2 heterocycles. The molecule has 0 unspecified atom stereocenters. The van der Waals surface area contributed by atoms with Gasteiger partial charge in [0, 0.05) is 26.2 Å². The van der Waals surface area contributed by atoms with E-state index in [1.54, 1.807) is 6.92 Å². The second-order valence-corrected chi connectivity index (χ2v) is 9.02. The molecule has 0 aromatic heterocycles. The molecular formula is C17H25FN2O3S. The van der Waals surface area contributed by atoms with Crippen LogP contribution in [0.2, 0.25) is 0 Å². The fraction of sp³-hybridized carbons (Fsp3) is 0.647. The first-order chi connectivity index (χ1) is 11.4. The largest absolute Gasteiger partial charge is 0.372 e. The Kier molecular flexibility index (Phi) is 5.24. The van der Waals surface area contributed by atoms with E-state index in [2.05, 4.69) is 9.62 Å². The number of halogens is 1. The van der Waals surface area contributed by atoms with Crippen molar-refractivity contribution in [2.45, 2.75) is 31.9 Å². The Balaban J connectivity index is 1.41. The third-order valence-corrected chi connectivity index (χ3v) is 6.31. The van der Waals surface area contributed by atoms with E-state index in [9.17, 15) is 12.8 Å². The zero-order chi connectivity index (χ0) is 17.2. The molecule has 1 aromatic rings. The molecule has 2 saturated heterocycles. The highest BCUT2D eigenvalue weighted by Gasteiger charge is 2.46. The van der Waals surface area contributed by atoms with Crippen molar-refractivity contribution in [3.05, 3.63) is 35.6 Å². The van der Waals surface area contributed by atoms with Crippen molar-refractivity contribution in [3.8, 4) is 0 Å². The van der Waals surface area contributed by atoms with E-state index >= 15 is 0 Å².